The summed E-state index contributed by atoms with van der Waals surface area (Å²) in [5, 5.41) is 3.29. The van der Waals surface area contributed by atoms with Gasteiger partial charge in [0.25, 0.3) is 0 Å². The molecule has 0 aliphatic heterocycles. The molecule has 0 unspecified atom stereocenters. The molecule has 0 amide bonds. The van der Waals surface area contributed by atoms with Crippen molar-refractivity contribution >= 4 is 72.7 Å². The van der Waals surface area contributed by atoms with Crippen LogP contribution >= 0.6 is 35.8 Å². The van der Waals surface area contributed by atoms with Crippen molar-refractivity contribution in [2.45, 2.75) is 0 Å². The van der Waals surface area contributed by atoms with Gasteiger partial charge in [-0.1, -0.05) is 79.0 Å². The van der Waals surface area contributed by atoms with Crippen LogP contribution in [0.5, 0.6) is 0 Å². The smallest absolute Gasteiger partial charge is 0.151 e. The van der Waals surface area contributed by atoms with Crippen molar-refractivity contribution in [2.24, 2.45) is 7.05 Å². The molecule has 2 nitrogen and oxygen atoms in total. The van der Waals surface area contributed by atoms with Crippen molar-refractivity contribution < 1.29 is 0 Å². The molecule has 0 atom stereocenters. The van der Waals surface area contributed by atoms with Crippen LogP contribution in [0.2, 0.25) is 0 Å². The van der Waals surface area contributed by atoms with Crippen molar-refractivity contribution in [3.05, 3.63) is 94.5 Å². The summed E-state index contributed by atoms with van der Waals surface area (Å²) in [4.78, 5) is 6.52. The van der Waals surface area contributed by atoms with E-state index in [4.69, 9.17) is 29.4 Å². The molecule has 3 aromatic carbocycles. The fraction of sp³-hybridized carbons (Fsp3) is 0.0385. The van der Waals surface area contributed by atoms with Gasteiger partial charge in [-0.25, -0.2) is 4.98 Å². The van der Waals surface area contributed by atoms with Crippen molar-refractivity contribution in [1.29, 1.82) is 0 Å². The molecule has 0 spiro atoms. The van der Waals surface area contributed by atoms with Gasteiger partial charge < -0.3 is 4.57 Å². The van der Waals surface area contributed by atoms with E-state index in [2.05, 4.69) is 72.3 Å². The highest BCUT2D eigenvalue weighted by atomic mass is 32.1. The van der Waals surface area contributed by atoms with Crippen LogP contribution in [0.3, 0.4) is 0 Å². The molecule has 0 radical (unpaired) electrons. The molecule has 1 aliphatic rings. The molecule has 5 aromatic rings. The molecule has 5 heteroatoms. The number of hydrogen-bond donors (Lipinski definition) is 0. The van der Waals surface area contributed by atoms with Crippen molar-refractivity contribution in [1.82, 2.24) is 9.55 Å². The van der Waals surface area contributed by atoms with Gasteiger partial charge in [0.2, 0.25) is 0 Å². The molecule has 6 rings (SSSR count). The standard InChI is InChI=1S/C26H16N2S3/c1-28-21(15-7-3-2-4-8-15)14-22-26(28)27-23(31-22)13-20-24(29)18-11-16-9-5-6-10-17(16)12-19(18)25(20)30/h2-14H,1H3. The van der Waals surface area contributed by atoms with Crippen LogP contribution in [-0.4, -0.2) is 19.3 Å². The number of allylic oxidation sites excluding steroid dienone is 1. The zero-order valence-corrected chi connectivity index (χ0v) is 19.1. The Morgan fingerprint density at radius 2 is 1.45 bits per heavy atom. The third-order valence-corrected chi connectivity index (χ3v) is 7.62. The van der Waals surface area contributed by atoms with Crippen LogP contribution < -0.4 is 0 Å². The van der Waals surface area contributed by atoms with E-state index in [0.29, 0.717) is 0 Å². The van der Waals surface area contributed by atoms with E-state index in [1.807, 2.05) is 18.2 Å². The topological polar surface area (TPSA) is 17.8 Å². The lowest BCUT2D eigenvalue weighted by Crippen LogP contribution is -1.98. The minimum atomic E-state index is 0.815. The monoisotopic (exact) mass is 452 g/mol. The molecule has 2 heterocycles. The van der Waals surface area contributed by atoms with Crippen LogP contribution in [0.25, 0.3) is 38.5 Å². The summed E-state index contributed by atoms with van der Waals surface area (Å²) in [6, 6.07) is 25.2. The highest BCUT2D eigenvalue weighted by Crippen LogP contribution is 2.35. The summed E-state index contributed by atoms with van der Waals surface area (Å²) >= 11 is 13.3. The fourth-order valence-electron chi connectivity index (χ4n) is 4.22. The zero-order valence-electron chi connectivity index (χ0n) is 16.6. The summed E-state index contributed by atoms with van der Waals surface area (Å²) in [5.41, 5.74) is 6.37. The lowest BCUT2D eigenvalue weighted by Gasteiger charge is -2.03. The van der Waals surface area contributed by atoms with Crippen molar-refractivity contribution in [2.75, 3.05) is 0 Å². The lowest BCUT2D eigenvalue weighted by atomic mass is 10.0. The maximum atomic E-state index is 5.82. The third-order valence-electron chi connectivity index (χ3n) is 5.80. The first-order chi connectivity index (χ1) is 15.1. The van der Waals surface area contributed by atoms with E-state index in [1.165, 1.54) is 22.0 Å². The number of aryl methyl sites for hydroxylation is 1. The summed E-state index contributed by atoms with van der Waals surface area (Å²) in [6.07, 6.45) is 2.06. The Hall–Kier alpha value is -2.99. The Kier molecular flexibility index (Phi) is 4.25. The second-order valence-corrected chi connectivity index (χ2v) is 9.53. The van der Waals surface area contributed by atoms with E-state index in [0.717, 1.165) is 41.8 Å². The molecule has 0 saturated heterocycles. The van der Waals surface area contributed by atoms with Crippen LogP contribution in [0, 0.1) is 0 Å². The van der Waals surface area contributed by atoms with Crippen molar-refractivity contribution in [3.8, 4) is 11.3 Å². The molecular weight excluding hydrogens is 437 g/mol. The van der Waals surface area contributed by atoms with E-state index in [9.17, 15) is 0 Å². The van der Waals surface area contributed by atoms with E-state index < -0.39 is 0 Å². The number of fused-ring (bicyclic) bond motifs is 3. The van der Waals surface area contributed by atoms with Gasteiger partial charge in [0.1, 0.15) is 5.01 Å². The first-order valence-corrected chi connectivity index (χ1v) is 11.6. The second kappa shape index (κ2) is 7.02. The van der Waals surface area contributed by atoms with Gasteiger partial charge in [-0.3, -0.25) is 0 Å². The van der Waals surface area contributed by atoms with Crippen LogP contribution in [0.4, 0.5) is 0 Å². The van der Waals surface area contributed by atoms with Gasteiger partial charge >= 0.3 is 0 Å². The van der Waals surface area contributed by atoms with Gasteiger partial charge in [0.15, 0.2) is 5.65 Å². The Balaban J connectivity index is 1.42. The second-order valence-electron chi connectivity index (χ2n) is 7.66. The molecule has 31 heavy (non-hydrogen) atoms. The maximum Gasteiger partial charge on any atom is 0.151 e. The predicted octanol–water partition coefficient (Wildman–Crippen LogP) is 6.99. The Morgan fingerprint density at radius 3 is 2.06 bits per heavy atom. The molecule has 0 bridgehead atoms. The summed E-state index contributed by atoms with van der Waals surface area (Å²) in [5.74, 6) is 0. The Morgan fingerprint density at radius 1 is 0.839 bits per heavy atom. The molecule has 1 aliphatic carbocycles. The minimum absolute atomic E-state index is 0.815. The van der Waals surface area contributed by atoms with E-state index >= 15 is 0 Å². The minimum Gasteiger partial charge on any atom is -0.328 e. The lowest BCUT2D eigenvalue weighted by molar-refractivity contribution is 0.959. The van der Waals surface area contributed by atoms with Crippen LogP contribution in [0.1, 0.15) is 16.1 Å². The van der Waals surface area contributed by atoms with Gasteiger partial charge in [-0.2, -0.15) is 0 Å². The van der Waals surface area contributed by atoms with Gasteiger partial charge in [0, 0.05) is 23.7 Å². The normalized spacial score (nSPS) is 13.4. The highest BCUT2D eigenvalue weighted by Gasteiger charge is 2.27. The molecule has 0 fully saturated rings. The van der Waals surface area contributed by atoms with Gasteiger partial charge in [0.05, 0.1) is 20.1 Å². The van der Waals surface area contributed by atoms with E-state index in [-0.39, 0.29) is 0 Å². The number of nitrogens with zero attached hydrogens (tertiary/aromatic N) is 2. The summed E-state index contributed by atoms with van der Waals surface area (Å²) in [6.45, 7) is 0. The molecule has 0 N–H and O–H groups in total. The fourth-order valence-corrected chi connectivity index (χ4v) is 5.92. The van der Waals surface area contributed by atoms with Crippen LogP contribution in [0.15, 0.2) is 78.4 Å². The zero-order chi connectivity index (χ0) is 21.1. The van der Waals surface area contributed by atoms with Gasteiger partial charge in [-0.05, 0) is 40.6 Å². The highest BCUT2D eigenvalue weighted by molar-refractivity contribution is 7.84. The average molecular weight is 453 g/mol. The number of aromatic nitrogens is 2. The number of thiocarbonyl (C=S) groups is 2. The number of thiazole rings is 1. The van der Waals surface area contributed by atoms with E-state index in [1.54, 1.807) is 11.3 Å². The molecule has 0 saturated carbocycles. The van der Waals surface area contributed by atoms with Crippen molar-refractivity contribution in [3.63, 3.8) is 0 Å². The summed E-state index contributed by atoms with van der Waals surface area (Å²) < 4.78 is 3.31. The largest absolute Gasteiger partial charge is 0.328 e. The summed E-state index contributed by atoms with van der Waals surface area (Å²) in [7, 11) is 2.06. The van der Waals surface area contributed by atoms with Crippen LogP contribution in [-0.2, 0) is 7.05 Å². The predicted molar refractivity (Wildman–Crippen MR) is 139 cm³/mol. The number of hydrogen-bond acceptors (Lipinski definition) is 4. The SMILES string of the molecule is Cn1c(-c2ccccc2)cc2sc(C=C3C(=S)c4cc5ccccc5cc4C3=S)nc21. The maximum absolute atomic E-state index is 5.82. The molecule has 2 aromatic heterocycles. The molecule has 148 valence electrons. The quantitative estimate of drug-likeness (QED) is 0.212. The van der Waals surface area contributed by atoms with Gasteiger partial charge in [-0.15, -0.1) is 11.3 Å². The number of benzene rings is 3. The Bertz CT molecular complexity index is 1510. The first kappa shape index (κ1) is 18.8. The number of rotatable bonds is 2. The Labute approximate surface area is 194 Å². The molecular formula is C26H16N2S3. The average Bonchev–Trinajstić information content (AvgIpc) is 3.41. The third kappa shape index (κ3) is 2.92. The first-order valence-electron chi connectivity index (χ1n) is 9.96.